The number of carbonyl (C=O) groups excluding carboxylic acids is 3. The zero-order valence-corrected chi connectivity index (χ0v) is 25.2. The molecule has 0 aliphatic carbocycles. The summed E-state index contributed by atoms with van der Waals surface area (Å²) in [7, 11) is 1.41. The quantitative estimate of drug-likeness (QED) is 0.198. The first-order chi connectivity index (χ1) is 18.0. The third-order valence-corrected chi connectivity index (χ3v) is 8.68. The highest BCUT2D eigenvalue weighted by molar-refractivity contribution is 6.00. The molecule has 39 heavy (non-hydrogen) atoms. The van der Waals surface area contributed by atoms with Crippen molar-refractivity contribution in [3.05, 3.63) is 0 Å². The fraction of sp³-hybridized carbons (Fsp3) is 0.828. The molecule has 10 heteroatoms. The number of ketones is 2. The molecule has 0 radical (unpaired) electrons. The van der Waals surface area contributed by atoms with Crippen LogP contribution in [0, 0.1) is 29.1 Å². The third-order valence-electron chi connectivity index (χ3n) is 8.68. The van der Waals surface area contributed by atoms with Crippen LogP contribution in [0.3, 0.4) is 0 Å². The lowest BCUT2D eigenvalue weighted by atomic mass is 9.68. The highest BCUT2D eigenvalue weighted by atomic mass is 16.5. The van der Waals surface area contributed by atoms with Crippen LogP contribution in [-0.2, 0) is 23.9 Å². The SMILES string of the molecule is C=NCCCCN(C(=O)O)[C@@H]1[C@@H](C)C(=O)[C@H](C)C[C@](C)(OC)[C@H](O)C(C)C(=O)C(C)C(=O)OC(CC)C1(C)C. The monoisotopic (exact) mass is 554 g/mol. The Morgan fingerprint density at radius 2 is 1.69 bits per heavy atom. The second-order valence-electron chi connectivity index (χ2n) is 11.9. The number of carbonyl (C=O) groups is 4. The summed E-state index contributed by atoms with van der Waals surface area (Å²) >= 11 is 0. The van der Waals surface area contributed by atoms with Crippen LogP contribution in [0.1, 0.15) is 81.1 Å². The number of carboxylic acid groups (broad SMARTS) is 1. The number of aliphatic imine (C=N–C) groups is 1. The van der Waals surface area contributed by atoms with Gasteiger partial charge >= 0.3 is 12.1 Å². The molecular weight excluding hydrogens is 504 g/mol. The molecule has 0 aromatic rings. The fourth-order valence-corrected chi connectivity index (χ4v) is 6.20. The van der Waals surface area contributed by atoms with Gasteiger partial charge in [-0.05, 0) is 46.2 Å². The van der Waals surface area contributed by atoms with Crippen LogP contribution < -0.4 is 0 Å². The van der Waals surface area contributed by atoms with Gasteiger partial charge in [-0.1, -0.05) is 41.5 Å². The van der Waals surface area contributed by atoms with Gasteiger partial charge in [-0.15, -0.1) is 0 Å². The van der Waals surface area contributed by atoms with E-state index < -0.39 is 70.8 Å². The summed E-state index contributed by atoms with van der Waals surface area (Å²) in [6.07, 6.45) is -1.64. The molecule has 0 spiro atoms. The zero-order valence-electron chi connectivity index (χ0n) is 25.2. The smallest absolute Gasteiger partial charge is 0.407 e. The number of nitrogens with zero attached hydrogens (tertiary/aromatic N) is 2. The van der Waals surface area contributed by atoms with Gasteiger partial charge in [0, 0.05) is 43.4 Å². The van der Waals surface area contributed by atoms with Gasteiger partial charge in [0.05, 0.1) is 17.7 Å². The maximum atomic E-state index is 13.9. The molecule has 1 amide bonds. The molecule has 1 aliphatic heterocycles. The summed E-state index contributed by atoms with van der Waals surface area (Å²) in [5.41, 5.74) is -2.25. The second-order valence-corrected chi connectivity index (χ2v) is 11.9. The molecule has 1 aliphatic rings. The van der Waals surface area contributed by atoms with Gasteiger partial charge in [0.25, 0.3) is 0 Å². The van der Waals surface area contributed by atoms with Crippen molar-refractivity contribution in [2.24, 2.45) is 34.1 Å². The second kappa shape index (κ2) is 14.3. The first kappa shape index (κ1) is 34.7. The molecule has 1 saturated heterocycles. The van der Waals surface area contributed by atoms with E-state index in [-0.39, 0.29) is 18.7 Å². The topological polar surface area (TPSA) is 143 Å². The number of aliphatic hydroxyl groups is 1. The molecule has 1 rings (SSSR count). The van der Waals surface area contributed by atoms with Crippen molar-refractivity contribution in [3.8, 4) is 0 Å². The Morgan fingerprint density at radius 3 is 2.18 bits per heavy atom. The summed E-state index contributed by atoms with van der Waals surface area (Å²) in [5.74, 6) is -4.94. The van der Waals surface area contributed by atoms with Gasteiger partial charge in [-0.2, -0.15) is 0 Å². The van der Waals surface area contributed by atoms with Crippen molar-refractivity contribution in [2.75, 3.05) is 20.2 Å². The number of cyclic esters (lactones) is 1. The molecule has 8 atom stereocenters. The number of Topliss-reactive ketones (excluding diaryl/α,β-unsaturated/α-hetero) is 2. The average molecular weight is 555 g/mol. The van der Waals surface area contributed by atoms with Crippen molar-refractivity contribution < 1.29 is 38.9 Å². The normalized spacial score (nSPS) is 34.6. The summed E-state index contributed by atoms with van der Waals surface area (Å²) in [6, 6.07) is -0.842. The minimum atomic E-state index is -1.29. The number of rotatable bonds is 8. The lowest BCUT2D eigenvalue weighted by molar-refractivity contribution is -0.171. The first-order valence-electron chi connectivity index (χ1n) is 13.9. The number of hydrogen-bond donors (Lipinski definition) is 2. The molecule has 0 saturated carbocycles. The van der Waals surface area contributed by atoms with Gasteiger partial charge < -0.3 is 29.6 Å². The van der Waals surface area contributed by atoms with Crippen LogP contribution in [0.25, 0.3) is 0 Å². The van der Waals surface area contributed by atoms with Crippen LogP contribution in [0.15, 0.2) is 4.99 Å². The van der Waals surface area contributed by atoms with Crippen LogP contribution >= 0.6 is 0 Å². The van der Waals surface area contributed by atoms with Gasteiger partial charge in [-0.3, -0.25) is 14.4 Å². The fourth-order valence-electron chi connectivity index (χ4n) is 6.20. The average Bonchev–Trinajstić information content (AvgIpc) is 2.89. The van der Waals surface area contributed by atoms with Gasteiger partial charge in [0.15, 0.2) is 5.78 Å². The Morgan fingerprint density at radius 1 is 1.10 bits per heavy atom. The first-order valence-corrected chi connectivity index (χ1v) is 13.9. The molecule has 10 nitrogen and oxygen atoms in total. The van der Waals surface area contributed by atoms with E-state index in [0.29, 0.717) is 25.8 Å². The summed E-state index contributed by atoms with van der Waals surface area (Å²) in [4.78, 5) is 58.1. The highest BCUT2D eigenvalue weighted by Crippen LogP contribution is 2.41. The Kier molecular flexibility index (Phi) is 12.8. The minimum Gasteiger partial charge on any atom is -0.465 e. The predicted molar refractivity (Wildman–Crippen MR) is 149 cm³/mol. The highest BCUT2D eigenvalue weighted by Gasteiger charge is 2.51. The van der Waals surface area contributed by atoms with Gasteiger partial charge in [-0.25, -0.2) is 4.79 Å². The zero-order chi connectivity index (χ0) is 30.3. The maximum Gasteiger partial charge on any atom is 0.407 e. The summed E-state index contributed by atoms with van der Waals surface area (Å²) in [5, 5.41) is 21.5. The molecule has 0 bridgehead atoms. The van der Waals surface area contributed by atoms with E-state index in [9.17, 15) is 29.4 Å². The van der Waals surface area contributed by atoms with Crippen molar-refractivity contribution >= 4 is 30.3 Å². The third kappa shape index (κ3) is 7.87. The van der Waals surface area contributed by atoms with Crippen molar-refractivity contribution in [1.82, 2.24) is 4.90 Å². The van der Waals surface area contributed by atoms with Crippen LogP contribution in [0.2, 0.25) is 0 Å². The number of hydrogen-bond acceptors (Lipinski definition) is 8. The van der Waals surface area contributed by atoms with Crippen LogP contribution in [0.4, 0.5) is 4.79 Å². The molecule has 2 N–H and O–H groups in total. The van der Waals surface area contributed by atoms with E-state index in [4.69, 9.17) is 9.47 Å². The van der Waals surface area contributed by atoms with E-state index in [0.717, 1.165) is 0 Å². The lowest BCUT2D eigenvalue weighted by Crippen LogP contribution is -2.59. The van der Waals surface area contributed by atoms with Crippen molar-refractivity contribution in [3.63, 3.8) is 0 Å². The number of amides is 1. The van der Waals surface area contributed by atoms with Crippen molar-refractivity contribution in [2.45, 2.75) is 105 Å². The van der Waals surface area contributed by atoms with Crippen LogP contribution in [0.5, 0.6) is 0 Å². The van der Waals surface area contributed by atoms with Gasteiger partial charge in [0.1, 0.15) is 17.8 Å². The van der Waals surface area contributed by atoms with E-state index in [1.54, 1.807) is 41.5 Å². The Labute approximate surface area is 233 Å². The molecule has 1 fully saturated rings. The number of unbranched alkanes of at least 4 members (excludes halogenated alkanes) is 1. The van der Waals surface area contributed by atoms with E-state index in [2.05, 4.69) is 11.7 Å². The molecule has 224 valence electrons. The molecule has 0 aromatic heterocycles. The Hall–Kier alpha value is -2.33. The summed E-state index contributed by atoms with van der Waals surface area (Å²) < 4.78 is 11.6. The standard InChI is InChI=1S/C29H50N2O8/c1-11-21-28(6,7)24(31(27(36)37)15-13-12-14-30-9)18(3)22(32)17(2)16-29(8,38-10)25(34)19(4)23(33)20(5)26(35)39-21/h17-21,24-25,34H,9,11-16H2,1-8,10H3,(H,36,37)/t17-,18+,19?,20?,21?,24-,25-,29+/m1/s1. The predicted octanol–water partition coefficient (Wildman–Crippen LogP) is 4.02. The van der Waals surface area contributed by atoms with Crippen LogP contribution in [-0.4, -0.2) is 89.5 Å². The minimum absolute atomic E-state index is 0.104. The van der Waals surface area contributed by atoms with E-state index in [1.807, 2.05) is 6.92 Å². The number of ether oxygens (including phenoxy) is 2. The van der Waals surface area contributed by atoms with Gasteiger partial charge in [0.2, 0.25) is 0 Å². The Balaban J connectivity index is 3.76. The van der Waals surface area contributed by atoms with E-state index in [1.165, 1.54) is 18.9 Å². The molecular formula is C29H50N2O8. The molecule has 3 unspecified atom stereocenters. The Bertz CT molecular complexity index is 891. The molecule has 1 heterocycles. The van der Waals surface area contributed by atoms with Crippen molar-refractivity contribution in [1.29, 1.82) is 0 Å². The number of methoxy groups -OCH3 is 1. The maximum absolute atomic E-state index is 13.9. The summed E-state index contributed by atoms with van der Waals surface area (Å²) in [6.45, 7) is 17.6. The lowest BCUT2D eigenvalue weighted by Gasteiger charge is -2.48. The largest absolute Gasteiger partial charge is 0.465 e. The molecule has 0 aromatic carbocycles. The van der Waals surface area contributed by atoms with E-state index >= 15 is 0 Å². The number of aliphatic hydroxyl groups excluding tert-OH is 1. The number of esters is 1.